The summed E-state index contributed by atoms with van der Waals surface area (Å²) in [4.78, 5) is 40.2. The summed E-state index contributed by atoms with van der Waals surface area (Å²) in [6.07, 6.45) is 1.64. The van der Waals surface area contributed by atoms with Crippen LogP contribution >= 0.6 is 11.6 Å². The summed E-state index contributed by atoms with van der Waals surface area (Å²) in [5, 5.41) is -0.0490. The molecule has 0 fully saturated rings. The highest BCUT2D eigenvalue weighted by atomic mass is 35.5. The number of ether oxygens (including phenoxy) is 1. The lowest BCUT2D eigenvalue weighted by molar-refractivity contribution is -0.121. The van der Waals surface area contributed by atoms with Crippen LogP contribution in [0.5, 0.6) is 0 Å². The van der Waals surface area contributed by atoms with Gasteiger partial charge in [-0.2, -0.15) is 0 Å². The Bertz CT molecular complexity index is 1810. The van der Waals surface area contributed by atoms with E-state index in [1.54, 1.807) is 49.2 Å². The van der Waals surface area contributed by atoms with Crippen molar-refractivity contribution in [3.63, 3.8) is 0 Å². The zero-order valence-electron chi connectivity index (χ0n) is 22.3. The number of sulfonamides is 1. The van der Waals surface area contributed by atoms with Crippen molar-refractivity contribution in [3.05, 3.63) is 105 Å². The van der Waals surface area contributed by atoms with E-state index in [9.17, 15) is 22.8 Å². The van der Waals surface area contributed by atoms with Gasteiger partial charge in [-0.05, 0) is 61.7 Å². The number of rotatable bonds is 7. The number of carbonyl (C=O) groups excluding carboxylic acids is 2. The van der Waals surface area contributed by atoms with Crippen molar-refractivity contribution in [3.8, 4) is 5.69 Å². The monoisotopic (exact) mass is 594 g/mol. The van der Waals surface area contributed by atoms with Gasteiger partial charge in [0.2, 0.25) is 0 Å². The highest BCUT2D eigenvalue weighted by molar-refractivity contribution is 7.92. The topological polar surface area (TPSA) is 120 Å². The standard InChI is InChI=1S/C29H27ClN4O6S/c1-19-27(28(36)34(32(19)2)21-11-4-3-5-12-21)31-41(38,39)22-14-15-24(30)23(17-22)29(37)40-18-26(35)33-16-8-10-20-9-6-7-13-25(20)33/h3-7,9,11-15,17,31H,8,10,16,18H2,1-2H3. The van der Waals surface area contributed by atoms with E-state index in [0.29, 0.717) is 17.9 Å². The number of esters is 1. The zero-order valence-corrected chi connectivity index (χ0v) is 23.9. The molecule has 4 aromatic rings. The number of benzene rings is 3. The van der Waals surface area contributed by atoms with Crippen molar-refractivity contribution in [1.82, 2.24) is 9.36 Å². The highest BCUT2D eigenvalue weighted by Gasteiger charge is 2.26. The van der Waals surface area contributed by atoms with Gasteiger partial charge in [-0.15, -0.1) is 0 Å². The molecule has 0 saturated carbocycles. The molecule has 1 amide bonds. The van der Waals surface area contributed by atoms with Crippen LogP contribution in [-0.4, -0.2) is 42.8 Å². The summed E-state index contributed by atoms with van der Waals surface area (Å²) in [7, 11) is -2.68. The van der Waals surface area contributed by atoms with E-state index in [1.807, 2.05) is 24.3 Å². The van der Waals surface area contributed by atoms with Crippen LogP contribution in [0, 0.1) is 6.92 Å². The average Bonchev–Trinajstić information content (AvgIpc) is 3.18. The van der Waals surface area contributed by atoms with Crippen molar-refractivity contribution in [2.24, 2.45) is 7.05 Å². The first-order valence-corrected chi connectivity index (χ1v) is 14.7. The zero-order chi connectivity index (χ0) is 29.3. The molecule has 3 aromatic carbocycles. The summed E-state index contributed by atoms with van der Waals surface area (Å²) < 4.78 is 37.1. The molecule has 0 spiro atoms. The molecule has 5 rings (SSSR count). The van der Waals surface area contributed by atoms with E-state index < -0.39 is 34.1 Å². The minimum Gasteiger partial charge on any atom is -0.452 e. The number of amides is 1. The van der Waals surface area contributed by atoms with Crippen LogP contribution in [0.4, 0.5) is 11.4 Å². The van der Waals surface area contributed by atoms with E-state index in [1.165, 1.54) is 21.5 Å². The SMILES string of the molecule is Cc1c(NS(=O)(=O)c2ccc(Cl)c(C(=O)OCC(=O)N3CCCc4ccccc43)c2)c(=O)n(-c2ccccc2)n1C. The van der Waals surface area contributed by atoms with E-state index in [-0.39, 0.29) is 21.2 Å². The second-order valence-electron chi connectivity index (χ2n) is 9.54. The number of hydrogen-bond acceptors (Lipinski definition) is 6. The van der Waals surface area contributed by atoms with Crippen LogP contribution in [-0.2, 0) is 33.0 Å². The number of para-hydroxylation sites is 2. The van der Waals surface area contributed by atoms with Gasteiger partial charge >= 0.3 is 5.97 Å². The molecule has 2 heterocycles. The van der Waals surface area contributed by atoms with E-state index in [2.05, 4.69) is 4.72 Å². The summed E-state index contributed by atoms with van der Waals surface area (Å²) >= 11 is 6.21. The lowest BCUT2D eigenvalue weighted by Gasteiger charge is -2.29. The fraction of sp³-hybridized carbons (Fsp3) is 0.207. The van der Waals surface area contributed by atoms with Gasteiger partial charge in [0.1, 0.15) is 5.69 Å². The van der Waals surface area contributed by atoms with Gasteiger partial charge in [-0.1, -0.05) is 48.0 Å². The molecular weight excluding hydrogens is 568 g/mol. The molecule has 41 heavy (non-hydrogen) atoms. The van der Waals surface area contributed by atoms with Crippen molar-refractivity contribution in [2.75, 3.05) is 22.8 Å². The average molecular weight is 595 g/mol. The maximum absolute atomic E-state index is 13.3. The Labute approximate surface area is 241 Å². The minimum atomic E-state index is -4.32. The molecule has 0 radical (unpaired) electrons. The van der Waals surface area contributed by atoms with Gasteiger partial charge in [0.15, 0.2) is 6.61 Å². The lowest BCUT2D eigenvalue weighted by Crippen LogP contribution is -2.38. The predicted octanol–water partition coefficient (Wildman–Crippen LogP) is 4.07. The van der Waals surface area contributed by atoms with Gasteiger partial charge in [-0.3, -0.25) is 19.0 Å². The highest BCUT2D eigenvalue weighted by Crippen LogP contribution is 2.27. The lowest BCUT2D eigenvalue weighted by atomic mass is 10.0. The quantitative estimate of drug-likeness (QED) is 0.322. The number of aryl methyl sites for hydroxylation is 1. The molecule has 1 aromatic heterocycles. The summed E-state index contributed by atoms with van der Waals surface area (Å²) in [6, 6.07) is 19.8. The molecule has 0 aliphatic carbocycles. The Balaban J connectivity index is 1.35. The summed E-state index contributed by atoms with van der Waals surface area (Å²) in [6.45, 7) is 1.57. The fourth-order valence-electron chi connectivity index (χ4n) is 4.78. The summed E-state index contributed by atoms with van der Waals surface area (Å²) in [5.74, 6) is -1.35. The van der Waals surface area contributed by atoms with Crippen molar-refractivity contribution < 1.29 is 22.7 Å². The van der Waals surface area contributed by atoms with Crippen LogP contribution in [0.15, 0.2) is 82.5 Å². The number of nitrogens with one attached hydrogen (secondary N) is 1. The van der Waals surface area contributed by atoms with Crippen LogP contribution in [0.25, 0.3) is 5.69 Å². The second-order valence-corrected chi connectivity index (χ2v) is 11.6. The second kappa shape index (κ2) is 11.3. The molecule has 0 atom stereocenters. The van der Waals surface area contributed by atoms with E-state index in [0.717, 1.165) is 30.2 Å². The third-order valence-electron chi connectivity index (χ3n) is 7.00. The van der Waals surface area contributed by atoms with Crippen molar-refractivity contribution >= 4 is 44.9 Å². The Morgan fingerprint density at radius 1 is 1.02 bits per heavy atom. The molecular formula is C29H27ClN4O6S. The third-order valence-corrected chi connectivity index (χ3v) is 8.67. The van der Waals surface area contributed by atoms with Crippen molar-refractivity contribution in [1.29, 1.82) is 0 Å². The number of halogens is 1. The normalized spacial score (nSPS) is 13.0. The predicted molar refractivity (Wildman–Crippen MR) is 155 cm³/mol. The van der Waals surface area contributed by atoms with Crippen LogP contribution < -0.4 is 15.2 Å². The first-order chi connectivity index (χ1) is 19.6. The van der Waals surface area contributed by atoms with Gasteiger partial charge < -0.3 is 9.64 Å². The molecule has 0 unspecified atom stereocenters. The smallest absolute Gasteiger partial charge is 0.340 e. The molecule has 1 aliphatic rings. The largest absolute Gasteiger partial charge is 0.452 e. The third kappa shape index (κ3) is 5.50. The van der Waals surface area contributed by atoms with Crippen molar-refractivity contribution in [2.45, 2.75) is 24.7 Å². The first kappa shape index (κ1) is 28.2. The maximum atomic E-state index is 13.3. The van der Waals surface area contributed by atoms with Crippen LogP contribution in [0.1, 0.15) is 28.0 Å². The minimum absolute atomic E-state index is 0.0490. The fourth-order valence-corrected chi connectivity index (χ4v) is 6.12. The molecule has 0 bridgehead atoms. The Morgan fingerprint density at radius 3 is 2.49 bits per heavy atom. The number of hydrogen-bond donors (Lipinski definition) is 1. The number of aromatic nitrogens is 2. The number of fused-ring (bicyclic) bond motifs is 1. The molecule has 10 nitrogen and oxygen atoms in total. The first-order valence-electron chi connectivity index (χ1n) is 12.8. The Morgan fingerprint density at radius 2 is 1.73 bits per heavy atom. The van der Waals surface area contributed by atoms with Gasteiger partial charge in [-0.25, -0.2) is 17.9 Å². The molecule has 12 heteroatoms. The van der Waals surface area contributed by atoms with Gasteiger partial charge in [0, 0.05) is 19.3 Å². The van der Waals surface area contributed by atoms with Gasteiger partial charge in [0.25, 0.3) is 21.5 Å². The molecule has 1 aliphatic heterocycles. The maximum Gasteiger partial charge on any atom is 0.340 e. The summed E-state index contributed by atoms with van der Waals surface area (Å²) in [5.41, 5.74) is 1.83. The number of carbonyl (C=O) groups is 2. The molecule has 212 valence electrons. The van der Waals surface area contributed by atoms with E-state index >= 15 is 0 Å². The number of anilines is 2. The number of nitrogens with zero attached hydrogens (tertiary/aromatic N) is 3. The Kier molecular flexibility index (Phi) is 7.74. The van der Waals surface area contributed by atoms with E-state index in [4.69, 9.17) is 16.3 Å². The van der Waals surface area contributed by atoms with Crippen LogP contribution in [0.3, 0.4) is 0 Å². The Hall–Kier alpha value is -4.35. The van der Waals surface area contributed by atoms with Crippen LogP contribution in [0.2, 0.25) is 5.02 Å². The molecule has 0 saturated heterocycles. The molecule has 1 N–H and O–H groups in total. The van der Waals surface area contributed by atoms with Gasteiger partial charge in [0.05, 0.1) is 26.9 Å².